The molecule has 162 valence electrons. The number of amides is 2. The fourth-order valence-corrected chi connectivity index (χ4v) is 5.12. The van der Waals surface area contributed by atoms with Crippen LogP contribution in [0.1, 0.15) is 48.0 Å². The fraction of sp³-hybridized carbons (Fsp3) is 0.375. The van der Waals surface area contributed by atoms with Gasteiger partial charge in [0.15, 0.2) is 0 Å². The molecule has 0 radical (unpaired) electrons. The van der Waals surface area contributed by atoms with E-state index >= 15 is 0 Å². The number of nitrogens with zero attached hydrogens (tertiary/aromatic N) is 2. The molecule has 1 unspecified atom stereocenters. The Bertz CT molecular complexity index is 1060. The summed E-state index contributed by atoms with van der Waals surface area (Å²) in [6.45, 7) is 5.02. The van der Waals surface area contributed by atoms with E-state index in [1.807, 2.05) is 36.9 Å². The fourth-order valence-electron chi connectivity index (χ4n) is 3.99. The SMILES string of the molecule is CC(C)C(NC(=O)c1ccccc1F)C(=O)N1CCC(c2nc3ccccc3s2)CC1. The summed E-state index contributed by atoms with van der Waals surface area (Å²) < 4.78 is 15.2. The predicted molar refractivity (Wildman–Crippen MR) is 121 cm³/mol. The molecule has 2 heterocycles. The number of likely N-dealkylation sites (tertiary alicyclic amines) is 1. The van der Waals surface area contributed by atoms with E-state index in [0.717, 1.165) is 23.4 Å². The summed E-state index contributed by atoms with van der Waals surface area (Å²) in [5, 5.41) is 3.88. The first-order valence-corrected chi connectivity index (χ1v) is 11.5. The van der Waals surface area contributed by atoms with E-state index in [2.05, 4.69) is 11.4 Å². The Morgan fingerprint density at radius 1 is 1.10 bits per heavy atom. The number of carbonyl (C=O) groups excluding carboxylic acids is 2. The first-order chi connectivity index (χ1) is 14.9. The van der Waals surface area contributed by atoms with Crippen LogP contribution in [0.4, 0.5) is 4.39 Å². The Kier molecular flexibility index (Phi) is 6.32. The number of aromatic nitrogens is 1. The summed E-state index contributed by atoms with van der Waals surface area (Å²) in [4.78, 5) is 32.3. The lowest BCUT2D eigenvalue weighted by molar-refractivity contribution is -0.135. The summed E-state index contributed by atoms with van der Waals surface area (Å²) in [7, 11) is 0. The van der Waals surface area contributed by atoms with Crippen molar-refractivity contribution in [3.63, 3.8) is 0 Å². The normalized spacial score (nSPS) is 15.9. The molecule has 0 saturated carbocycles. The van der Waals surface area contributed by atoms with Crippen molar-refractivity contribution in [2.45, 2.75) is 38.6 Å². The summed E-state index contributed by atoms with van der Waals surface area (Å²) in [6.07, 6.45) is 1.69. The van der Waals surface area contributed by atoms with Gasteiger partial charge in [-0.1, -0.05) is 38.1 Å². The Labute approximate surface area is 185 Å². The lowest BCUT2D eigenvalue weighted by atomic mass is 9.95. The zero-order chi connectivity index (χ0) is 22.0. The number of benzene rings is 2. The summed E-state index contributed by atoms with van der Waals surface area (Å²) >= 11 is 1.72. The molecule has 2 amide bonds. The van der Waals surface area contributed by atoms with Crippen LogP contribution < -0.4 is 5.32 Å². The summed E-state index contributed by atoms with van der Waals surface area (Å²) in [5.41, 5.74) is 0.979. The second-order valence-electron chi connectivity index (χ2n) is 8.29. The van der Waals surface area contributed by atoms with E-state index in [9.17, 15) is 14.0 Å². The number of thiazole rings is 1. The molecule has 0 spiro atoms. The highest BCUT2D eigenvalue weighted by Crippen LogP contribution is 2.34. The van der Waals surface area contributed by atoms with Crippen LogP contribution in [0.5, 0.6) is 0 Å². The van der Waals surface area contributed by atoms with Crippen molar-refractivity contribution in [3.8, 4) is 0 Å². The minimum atomic E-state index is -0.689. The van der Waals surface area contributed by atoms with E-state index in [1.54, 1.807) is 17.4 Å². The standard InChI is InChI=1S/C24H26FN3O2S/c1-15(2)21(27-22(29)17-7-3-4-8-18(17)25)24(30)28-13-11-16(12-14-28)23-26-19-9-5-6-10-20(19)31-23/h3-10,15-16,21H,11-14H2,1-2H3,(H,27,29). The molecule has 7 heteroatoms. The van der Waals surface area contributed by atoms with Crippen LogP contribution in [0, 0.1) is 11.7 Å². The zero-order valence-corrected chi connectivity index (χ0v) is 18.5. The number of hydrogen-bond acceptors (Lipinski definition) is 4. The van der Waals surface area contributed by atoms with Crippen molar-refractivity contribution < 1.29 is 14.0 Å². The Balaban J connectivity index is 1.41. The molecule has 1 fully saturated rings. The van der Waals surface area contributed by atoms with Crippen LogP contribution in [0.3, 0.4) is 0 Å². The van der Waals surface area contributed by atoms with Gasteiger partial charge < -0.3 is 10.2 Å². The van der Waals surface area contributed by atoms with Gasteiger partial charge in [-0.15, -0.1) is 11.3 Å². The van der Waals surface area contributed by atoms with Crippen LogP contribution in [-0.4, -0.2) is 40.8 Å². The van der Waals surface area contributed by atoms with Crippen molar-refractivity contribution in [2.75, 3.05) is 13.1 Å². The van der Waals surface area contributed by atoms with Gasteiger partial charge in [0.1, 0.15) is 11.9 Å². The first kappa shape index (κ1) is 21.4. The molecular weight excluding hydrogens is 413 g/mol. The number of piperidine rings is 1. The van der Waals surface area contributed by atoms with Gasteiger partial charge in [-0.05, 0) is 43.0 Å². The highest BCUT2D eigenvalue weighted by molar-refractivity contribution is 7.18. The van der Waals surface area contributed by atoms with E-state index in [0.29, 0.717) is 19.0 Å². The quantitative estimate of drug-likeness (QED) is 0.632. The third-order valence-corrected chi connectivity index (χ3v) is 7.00. The van der Waals surface area contributed by atoms with Crippen LogP contribution in [0.15, 0.2) is 48.5 Å². The molecule has 2 aromatic carbocycles. The van der Waals surface area contributed by atoms with Gasteiger partial charge in [-0.25, -0.2) is 9.37 Å². The lowest BCUT2D eigenvalue weighted by Gasteiger charge is -2.35. The molecule has 4 rings (SSSR count). The van der Waals surface area contributed by atoms with E-state index in [4.69, 9.17) is 4.98 Å². The Hall–Kier alpha value is -2.80. The molecule has 0 bridgehead atoms. The maximum absolute atomic E-state index is 14.0. The minimum absolute atomic E-state index is 0.0458. The Morgan fingerprint density at radius 2 is 1.77 bits per heavy atom. The second-order valence-corrected chi connectivity index (χ2v) is 9.36. The average Bonchev–Trinajstić information content (AvgIpc) is 3.21. The average molecular weight is 440 g/mol. The molecular formula is C24H26FN3O2S. The monoisotopic (exact) mass is 439 g/mol. The van der Waals surface area contributed by atoms with E-state index < -0.39 is 17.8 Å². The van der Waals surface area contributed by atoms with E-state index in [1.165, 1.54) is 22.9 Å². The third kappa shape index (κ3) is 4.61. The van der Waals surface area contributed by atoms with Crippen LogP contribution in [0.2, 0.25) is 0 Å². The highest BCUT2D eigenvalue weighted by atomic mass is 32.1. The summed E-state index contributed by atoms with van der Waals surface area (Å²) in [6, 6.07) is 13.3. The molecule has 1 aliphatic heterocycles. The topological polar surface area (TPSA) is 62.3 Å². The smallest absolute Gasteiger partial charge is 0.254 e. The van der Waals surface area contributed by atoms with Crippen LogP contribution >= 0.6 is 11.3 Å². The third-order valence-electron chi connectivity index (χ3n) is 5.80. The van der Waals surface area contributed by atoms with Gasteiger partial charge >= 0.3 is 0 Å². The molecule has 1 aliphatic rings. The number of fused-ring (bicyclic) bond motifs is 1. The number of hydrogen-bond donors (Lipinski definition) is 1. The van der Waals surface area contributed by atoms with E-state index in [-0.39, 0.29) is 17.4 Å². The van der Waals surface area contributed by atoms with Gasteiger partial charge in [0.25, 0.3) is 5.91 Å². The number of carbonyl (C=O) groups is 2. The highest BCUT2D eigenvalue weighted by Gasteiger charge is 2.32. The molecule has 5 nitrogen and oxygen atoms in total. The molecule has 31 heavy (non-hydrogen) atoms. The van der Waals surface area contributed by atoms with Crippen LogP contribution in [-0.2, 0) is 4.79 Å². The van der Waals surface area contributed by atoms with Crippen molar-refractivity contribution >= 4 is 33.4 Å². The molecule has 1 atom stereocenters. The maximum atomic E-state index is 14.0. The number of nitrogens with one attached hydrogen (secondary N) is 1. The number of para-hydroxylation sites is 1. The van der Waals surface area contributed by atoms with Crippen molar-refractivity contribution in [2.24, 2.45) is 5.92 Å². The van der Waals surface area contributed by atoms with Crippen LogP contribution in [0.25, 0.3) is 10.2 Å². The first-order valence-electron chi connectivity index (χ1n) is 10.6. The predicted octanol–water partition coefficient (Wildman–Crippen LogP) is 4.60. The van der Waals surface area contributed by atoms with Gasteiger partial charge in [0, 0.05) is 19.0 Å². The van der Waals surface area contributed by atoms with Gasteiger partial charge in [0.05, 0.1) is 20.8 Å². The van der Waals surface area contributed by atoms with Crippen molar-refractivity contribution in [1.82, 2.24) is 15.2 Å². The molecule has 0 aliphatic carbocycles. The zero-order valence-electron chi connectivity index (χ0n) is 17.7. The van der Waals surface area contributed by atoms with Gasteiger partial charge in [0.2, 0.25) is 5.91 Å². The lowest BCUT2D eigenvalue weighted by Crippen LogP contribution is -2.53. The number of halogens is 1. The number of rotatable bonds is 5. The minimum Gasteiger partial charge on any atom is -0.341 e. The molecule has 1 saturated heterocycles. The molecule has 1 aromatic heterocycles. The molecule has 1 N–H and O–H groups in total. The second kappa shape index (κ2) is 9.14. The van der Waals surface area contributed by atoms with Gasteiger partial charge in [-0.3, -0.25) is 9.59 Å². The molecule has 3 aromatic rings. The summed E-state index contributed by atoms with van der Waals surface area (Å²) in [5.74, 6) is -1.03. The largest absolute Gasteiger partial charge is 0.341 e. The van der Waals surface area contributed by atoms with Gasteiger partial charge in [-0.2, -0.15) is 0 Å². The maximum Gasteiger partial charge on any atom is 0.254 e. The van der Waals surface area contributed by atoms with Crippen molar-refractivity contribution in [1.29, 1.82) is 0 Å². The Morgan fingerprint density at radius 3 is 2.45 bits per heavy atom. The van der Waals surface area contributed by atoms with Crippen molar-refractivity contribution in [3.05, 3.63) is 64.9 Å².